The molecular weight excluding hydrogens is 310 g/mol. The van der Waals surface area contributed by atoms with Gasteiger partial charge in [-0.15, -0.1) is 0 Å². The lowest BCUT2D eigenvalue weighted by molar-refractivity contribution is 0.217. The molecule has 0 radical (unpaired) electrons. The predicted molar refractivity (Wildman–Crippen MR) is 65.3 cm³/mol. The molecule has 0 amide bonds. The summed E-state index contributed by atoms with van der Waals surface area (Å²) in [4.78, 5) is 2.08. The van der Waals surface area contributed by atoms with Crippen molar-refractivity contribution in [1.29, 1.82) is 0 Å². The number of aliphatic hydroxyl groups is 1. The Labute approximate surface area is 101 Å². The summed E-state index contributed by atoms with van der Waals surface area (Å²) in [5.74, 6) is 0. The van der Waals surface area contributed by atoms with Crippen molar-refractivity contribution in [3.05, 3.63) is 32.7 Å². The zero-order valence-corrected chi connectivity index (χ0v) is 11.2. The molecule has 1 aromatic rings. The highest BCUT2D eigenvalue weighted by Crippen LogP contribution is 2.22. The van der Waals surface area contributed by atoms with Gasteiger partial charge in [-0.25, -0.2) is 0 Å². The van der Waals surface area contributed by atoms with Crippen LogP contribution in [0.3, 0.4) is 0 Å². The summed E-state index contributed by atoms with van der Waals surface area (Å²) in [7, 11) is 1.99. The quantitative estimate of drug-likeness (QED) is 0.921. The highest BCUT2D eigenvalue weighted by molar-refractivity contribution is 9.11. The van der Waals surface area contributed by atoms with Gasteiger partial charge in [-0.2, -0.15) is 0 Å². The van der Waals surface area contributed by atoms with Gasteiger partial charge in [0.25, 0.3) is 0 Å². The average molecular weight is 323 g/mol. The molecule has 78 valence electrons. The molecule has 0 heterocycles. The van der Waals surface area contributed by atoms with E-state index in [1.165, 1.54) is 5.56 Å². The van der Waals surface area contributed by atoms with Gasteiger partial charge in [0, 0.05) is 22.0 Å². The fourth-order valence-electron chi connectivity index (χ4n) is 1.21. The minimum absolute atomic E-state index is 0.197. The normalized spacial score (nSPS) is 10.9. The van der Waals surface area contributed by atoms with E-state index in [0.717, 1.165) is 15.5 Å². The van der Waals surface area contributed by atoms with Gasteiger partial charge in [-0.05, 0) is 30.8 Å². The van der Waals surface area contributed by atoms with Crippen LogP contribution < -0.4 is 0 Å². The van der Waals surface area contributed by atoms with Gasteiger partial charge in [0.2, 0.25) is 0 Å². The highest BCUT2D eigenvalue weighted by atomic mass is 79.9. The van der Waals surface area contributed by atoms with Crippen LogP contribution in [0.2, 0.25) is 0 Å². The molecule has 0 saturated heterocycles. The molecule has 0 aliphatic carbocycles. The van der Waals surface area contributed by atoms with Gasteiger partial charge >= 0.3 is 0 Å². The molecular formula is C10H13Br2NO. The summed E-state index contributed by atoms with van der Waals surface area (Å²) in [6.45, 7) is 1.72. The molecule has 1 N–H and O–H groups in total. The molecule has 14 heavy (non-hydrogen) atoms. The lowest BCUT2D eigenvalue weighted by atomic mass is 10.2. The number of rotatable bonds is 4. The van der Waals surface area contributed by atoms with Crippen LogP contribution in [-0.4, -0.2) is 30.2 Å². The number of hydrogen-bond donors (Lipinski definition) is 1. The molecule has 0 bridgehead atoms. The van der Waals surface area contributed by atoms with Crippen LogP contribution in [0.1, 0.15) is 5.56 Å². The largest absolute Gasteiger partial charge is 0.395 e. The molecule has 1 rings (SSSR count). The summed E-state index contributed by atoms with van der Waals surface area (Å²) in [6.07, 6.45) is 0. The Kier molecular flexibility index (Phi) is 5.09. The van der Waals surface area contributed by atoms with E-state index >= 15 is 0 Å². The average Bonchev–Trinajstić information content (AvgIpc) is 2.12. The number of halogens is 2. The standard InChI is InChI=1S/C10H13Br2NO/c1-13(4-5-14)7-8-6-9(11)2-3-10(8)12/h2-3,6,14H,4-5,7H2,1H3. The van der Waals surface area contributed by atoms with E-state index in [1.54, 1.807) is 0 Å². The zero-order chi connectivity index (χ0) is 10.6. The van der Waals surface area contributed by atoms with E-state index in [-0.39, 0.29) is 6.61 Å². The fourth-order valence-corrected chi connectivity index (χ4v) is 1.99. The van der Waals surface area contributed by atoms with Crippen molar-refractivity contribution in [3.8, 4) is 0 Å². The Morgan fingerprint density at radius 3 is 2.71 bits per heavy atom. The van der Waals surface area contributed by atoms with Crippen LogP contribution in [-0.2, 0) is 6.54 Å². The van der Waals surface area contributed by atoms with E-state index < -0.39 is 0 Å². The van der Waals surface area contributed by atoms with Crippen molar-refractivity contribution < 1.29 is 5.11 Å². The Morgan fingerprint density at radius 2 is 2.07 bits per heavy atom. The van der Waals surface area contributed by atoms with E-state index in [4.69, 9.17) is 5.11 Å². The first kappa shape index (κ1) is 12.2. The van der Waals surface area contributed by atoms with Gasteiger partial charge in [-0.1, -0.05) is 31.9 Å². The van der Waals surface area contributed by atoms with E-state index in [9.17, 15) is 0 Å². The Bertz CT molecular complexity index is 304. The third-order valence-corrected chi connectivity index (χ3v) is 3.20. The summed E-state index contributed by atoms with van der Waals surface area (Å²) in [5.41, 5.74) is 1.22. The Balaban J connectivity index is 2.70. The first-order valence-electron chi connectivity index (χ1n) is 4.37. The van der Waals surface area contributed by atoms with Gasteiger partial charge in [-0.3, -0.25) is 4.90 Å². The predicted octanol–water partition coefficient (Wildman–Crippen LogP) is 2.64. The zero-order valence-electron chi connectivity index (χ0n) is 8.00. The topological polar surface area (TPSA) is 23.5 Å². The molecule has 0 unspecified atom stereocenters. The Hall–Kier alpha value is 0.1000. The monoisotopic (exact) mass is 321 g/mol. The van der Waals surface area contributed by atoms with Crippen molar-refractivity contribution in [3.63, 3.8) is 0 Å². The van der Waals surface area contributed by atoms with Crippen LogP contribution >= 0.6 is 31.9 Å². The molecule has 1 aromatic carbocycles. The molecule has 0 atom stereocenters. The minimum atomic E-state index is 0.197. The van der Waals surface area contributed by atoms with E-state index in [0.29, 0.717) is 6.54 Å². The third kappa shape index (κ3) is 3.69. The second kappa shape index (κ2) is 5.85. The fraction of sp³-hybridized carbons (Fsp3) is 0.400. The van der Waals surface area contributed by atoms with Crippen LogP contribution in [0.15, 0.2) is 27.1 Å². The summed E-state index contributed by atoms with van der Waals surface area (Å²) in [5, 5.41) is 8.78. The number of nitrogens with zero attached hydrogens (tertiary/aromatic N) is 1. The van der Waals surface area contributed by atoms with Crippen LogP contribution in [0.25, 0.3) is 0 Å². The van der Waals surface area contributed by atoms with Gasteiger partial charge < -0.3 is 5.11 Å². The molecule has 2 nitrogen and oxygen atoms in total. The molecule has 0 saturated carbocycles. The first-order valence-corrected chi connectivity index (χ1v) is 5.95. The second-order valence-electron chi connectivity index (χ2n) is 3.20. The van der Waals surface area contributed by atoms with E-state index in [1.807, 2.05) is 19.2 Å². The summed E-state index contributed by atoms with van der Waals surface area (Å²) < 4.78 is 2.18. The lowest BCUT2D eigenvalue weighted by Crippen LogP contribution is -2.21. The smallest absolute Gasteiger partial charge is 0.0558 e. The molecule has 0 spiro atoms. The van der Waals surface area contributed by atoms with Crippen LogP contribution in [0.4, 0.5) is 0 Å². The second-order valence-corrected chi connectivity index (χ2v) is 4.97. The van der Waals surface area contributed by atoms with Gasteiger partial charge in [0.05, 0.1) is 6.61 Å². The minimum Gasteiger partial charge on any atom is -0.395 e. The lowest BCUT2D eigenvalue weighted by Gasteiger charge is -2.16. The van der Waals surface area contributed by atoms with Crippen molar-refractivity contribution in [1.82, 2.24) is 4.90 Å². The molecule has 0 aliphatic heterocycles. The first-order chi connectivity index (χ1) is 6.63. The Morgan fingerprint density at radius 1 is 1.36 bits per heavy atom. The van der Waals surface area contributed by atoms with Crippen LogP contribution in [0.5, 0.6) is 0 Å². The van der Waals surface area contributed by atoms with Gasteiger partial charge in [0.15, 0.2) is 0 Å². The molecule has 4 heteroatoms. The molecule has 0 aliphatic rings. The van der Waals surface area contributed by atoms with E-state index in [2.05, 4.69) is 42.8 Å². The van der Waals surface area contributed by atoms with Crippen molar-refractivity contribution >= 4 is 31.9 Å². The van der Waals surface area contributed by atoms with Crippen molar-refractivity contribution in [2.75, 3.05) is 20.2 Å². The number of likely N-dealkylation sites (N-methyl/N-ethyl adjacent to an activating group) is 1. The maximum absolute atomic E-state index is 8.78. The number of hydrogen-bond acceptors (Lipinski definition) is 2. The maximum atomic E-state index is 8.78. The number of benzene rings is 1. The van der Waals surface area contributed by atoms with Crippen molar-refractivity contribution in [2.45, 2.75) is 6.54 Å². The summed E-state index contributed by atoms with van der Waals surface area (Å²) in [6, 6.07) is 6.10. The molecule has 0 fully saturated rings. The highest BCUT2D eigenvalue weighted by Gasteiger charge is 2.04. The SMILES string of the molecule is CN(CCO)Cc1cc(Br)ccc1Br. The molecule has 0 aromatic heterocycles. The third-order valence-electron chi connectivity index (χ3n) is 1.93. The maximum Gasteiger partial charge on any atom is 0.0558 e. The summed E-state index contributed by atoms with van der Waals surface area (Å²) >= 11 is 6.94. The number of aliphatic hydroxyl groups excluding tert-OH is 1. The van der Waals surface area contributed by atoms with Gasteiger partial charge in [0.1, 0.15) is 0 Å². The van der Waals surface area contributed by atoms with Crippen LogP contribution in [0, 0.1) is 0 Å². The van der Waals surface area contributed by atoms with Crippen molar-refractivity contribution in [2.24, 2.45) is 0 Å².